The highest BCUT2D eigenvalue weighted by molar-refractivity contribution is 7.25. The first kappa shape index (κ1) is 16.3. The third-order valence-electron chi connectivity index (χ3n) is 5.09. The molecule has 0 amide bonds. The van der Waals surface area contributed by atoms with Gasteiger partial charge in [0, 0.05) is 37.1 Å². The number of hydrogen-bond acceptors (Lipinski definition) is 4. The molecular formula is C25H16N2OS. The molecule has 0 fully saturated rings. The number of thiophene rings is 1. The molecule has 0 bridgehead atoms. The predicted octanol–water partition coefficient (Wildman–Crippen LogP) is 7.61. The molecule has 2 aromatic heterocycles. The van der Waals surface area contributed by atoms with Gasteiger partial charge in [-0.05, 0) is 60.7 Å². The van der Waals surface area contributed by atoms with Crippen molar-refractivity contribution < 1.29 is 4.42 Å². The number of para-hydroxylation sites is 2. The van der Waals surface area contributed by atoms with Crippen LogP contribution in [0.1, 0.15) is 0 Å². The van der Waals surface area contributed by atoms with E-state index in [4.69, 9.17) is 4.42 Å². The Kier molecular flexibility index (Phi) is 3.64. The van der Waals surface area contributed by atoms with Crippen molar-refractivity contribution in [3.63, 3.8) is 0 Å². The van der Waals surface area contributed by atoms with E-state index in [0.29, 0.717) is 5.89 Å². The highest BCUT2D eigenvalue weighted by atomic mass is 32.1. The average molecular weight is 392 g/mol. The number of nitrogens with one attached hydrogen (secondary N) is 1. The molecule has 2 heterocycles. The van der Waals surface area contributed by atoms with Crippen LogP contribution < -0.4 is 5.32 Å². The summed E-state index contributed by atoms with van der Waals surface area (Å²) in [6.07, 6.45) is 0. The van der Waals surface area contributed by atoms with E-state index < -0.39 is 0 Å². The van der Waals surface area contributed by atoms with E-state index in [9.17, 15) is 0 Å². The van der Waals surface area contributed by atoms with Crippen molar-refractivity contribution in [1.29, 1.82) is 0 Å². The van der Waals surface area contributed by atoms with Crippen molar-refractivity contribution in [2.75, 3.05) is 5.32 Å². The Labute approximate surface area is 171 Å². The van der Waals surface area contributed by atoms with Gasteiger partial charge in [0.25, 0.3) is 0 Å². The van der Waals surface area contributed by atoms with Gasteiger partial charge in [0.05, 0.1) is 0 Å². The second-order valence-corrected chi connectivity index (χ2v) is 8.08. The number of aromatic nitrogens is 1. The Bertz CT molecular complexity index is 1440. The van der Waals surface area contributed by atoms with E-state index in [0.717, 1.165) is 28.0 Å². The van der Waals surface area contributed by atoms with Crippen LogP contribution >= 0.6 is 11.3 Å². The smallest absolute Gasteiger partial charge is 0.227 e. The lowest BCUT2D eigenvalue weighted by Gasteiger charge is -2.07. The molecule has 0 aliphatic carbocycles. The lowest BCUT2D eigenvalue weighted by molar-refractivity contribution is 0.620. The van der Waals surface area contributed by atoms with Gasteiger partial charge in [-0.15, -0.1) is 11.3 Å². The minimum atomic E-state index is 0.643. The highest BCUT2D eigenvalue weighted by Crippen LogP contribution is 2.35. The molecule has 6 aromatic rings. The van der Waals surface area contributed by atoms with Crippen LogP contribution in [-0.4, -0.2) is 4.98 Å². The minimum absolute atomic E-state index is 0.643. The normalized spacial score (nSPS) is 11.4. The van der Waals surface area contributed by atoms with Crippen molar-refractivity contribution in [3.8, 4) is 11.5 Å². The number of benzene rings is 4. The zero-order valence-electron chi connectivity index (χ0n) is 15.4. The fourth-order valence-electron chi connectivity index (χ4n) is 3.66. The van der Waals surface area contributed by atoms with Crippen molar-refractivity contribution in [2.24, 2.45) is 0 Å². The van der Waals surface area contributed by atoms with E-state index in [1.54, 1.807) is 0 Å². The zero-order chi connectivity index (χ0) is 19.2. The molecule has 0 saturated heterocycles. The number of hydrogen-bond donors (Lipinski definition) is 1. The standard InChI is InChI=1S/C25H16N2OS/c1-4-8-23-19(5-1)20-15-18(13-14-24(20)29-23)26-17-11-9-16(10-12-17)25-27-21-6-2-3-7-22(21)28-25/h1-15,26H. The van der Waals surface area contributed by atoms with Gasteiger partial charge in [0.15, 0.2) is 5.58 Å². The van der Waals surface area contributed by atoms with Crippen LogP contribution in [0.4, 0.5) is 11.4 Å². The van der Waals surface area contributed by atoms with Gasteiger partial charge in [-0.25, -0.2) is 4.98 Å². The lowest BCUT2D eigenvalue weighted by Crippen LogP contribution is -1.89. The summed E-state index contributed by atoms with van der Waals surface area (Å²) in [4.78, 5) is 4.57. The Morgan fingerprint density at radius 1 is 0.690 bits per heavy atom. The maximum absolute atomic E-state index is 5.86. The van der Waals surface area contributed by atoms with Crippen LogP contribution in [0.25, 0.3) is 42.7 Å². The van der Waals surface area contributed by atoms with E-state index in [1.807, 2.05) is 47.7 Å². The lowest BCUT2D eigenvalue weighted by atomic mass is 10.1. The summed E-state index contributed by atoms with van der Waals surface area (Å²) >= 11 is 1.83. The van der Waals surface area contributed by atoms with Gasteiger partial charge in [-0.3, -0.25) is 0 Å². The first-order chi connectivity index (χ1) is 14.3. The van der Waals surface area contributed by atoms with E-state index in [2.05, 4.69) is 64.9 Å². The fraction of sp³-hybridized carbons (Fsp3) is 0. The van der Waals surface area contributed by atoms with Crippen molar-refractivity contribution in [2.45, 2.75) is 0 Å². The van der Waals surface area contributed by atoms with Crippen LogP contribution in [0.15, 0.2) is 95.4 Å². The Morgan fingerprint density at radius 2 is 1.45 bits per heavy atom. The van der Waals surface area contributed by atoms with E-state index in [1.165, 1.54) is 20.2 Å². The second kappa shape index (κ2) is 6.47. The largest absolute Gasteiger partial charge is 0.436 e. The van der Waals surface area contributed by atoms with Gasteiger partial charge in [0.2, 0.25) is 5.89 Å². The van der Waals surface area contributed by atoms with Gasteiger partial charge < -0.3 is 9.73 Å². The Balaban J connectivity index is 1.31. The zero-order valence-corrected chi connectivity index (χ0v) is 16.2. The van der Waals surface area contributed by atoms with E-state index in [-0.39, 0.29) is 0 Å². The molecule has 0 aliphatic rings. The van der Waals surface area contributed by atoms with Crippen molar-refractivity contribution in [1.82, 2.24) is 4.98 Å². The first-order valence-electron chi connectivity index (χ1n) is 9.48. The minimum Gasteiger partial charge on any atom is -0.436 e. The fourth-order valence-corrected chi connectivity index (χ4v) is 4.75. The van der Waals surface area contributed by atoms with Crippen molar-refractivity contribution in [3.05, 3.63) is 91.0 Å². The van der Waals surface area contributed by atoms with Gasteiger partial charge in [-0.1, -0.05) is 30.3 Å². The van der Waals surface area contributed by atoms with Crippen molar-refractivity contribution >= 4 is 54.0 Å². The molecule has 138 valence electrons. The predicted molar refractivity (Wildman–Crippen MR) is 122 cm³/mol. The first-order valence-corrected chi connectivity index (χ1v) is 10.3. The van der Waals surface area contributed by atoms with Gasteiger partial charge >= 0.3 is 0 Å². The number of fused-ring (bicyclic) bond motifs is 4. The Hall–Kier alpha value is -3.63. The number of anilines is 2. The average Bonchev–Trinajstić information content (AvgIpc) is 3.35. The maximum atomic E-state index is 5.86. The molecule has 0 spiro atoms. The Morgan fingerprint density at radius 3 is 2.34 bits per heavy atom. The van der Waals surface area contributed by atoms with Crippen LogP contribution in [0.2, 0.25) is 0 Å². The molecule has 0 unspecified atom stereocenters. The SMILES string of the molecule is c1ccc2oc(-c3ccc(Nc4ccc5sc6ccccc6c5c4)cc3)nc2c1. The van der Waals surface area contributed by atoms with E-state index >= 15 is 0 Å². The molecule has 0 saturated carbocycles. The van der Waals surface area contributed by atoms with Crippen LogP contribution in [-0.2, 0) is 0 Å². The third-order valence-corrected chi connectivity index (χ3v) is 6.24. The molecule has 1 N–H and O–H groups in total. The molecule has 0 atom stereocenters. The molecule has 3 nitrogen and oxygen atoms in total. The summed E-state index contributed by atoms with van der Waals surface area (Å²) in [5.41, 5.74) is 4.76. The number of nitrogens with zero attached hydrogens (tertiary/aromatic N) is 1. The molecule has 0 aliphatic heterocycles. The molecule has 4 heteroatoms. The summed E-state index contributed by atoms with van der Waals surface area (Å²) in [5, 5.41) is 6.11. The summed E-state index contributed by atoms with van der Waals surface area (Å²) in [6.45, 7) is 0. The maximum Gasteiger partial charge on any atom is 0.227 e. The molecule has 6 rings (SSSR count). The topological polar surface area (TPSA) is 38.1 Å². The summed E-state index contributed by atoms with van der Waals surface area (Å²) in [6, 6.07) is 31.1. The monoisotopic (exact) mass is 392 g/mol. The molecular weight excluding hydrogens is 376 g/mol. The van der Waals surface area contributed by atoms with Gasteiger partial charge in [-0.2, -0.15) is 0 Å². The van der Waals surface area contributed by atoms with Crippen LogP contribution in [0, 0.1) is 0 Å². The third kappa shape index (κ3) is 2.85. The van der Waals surface area contributed by atoms with Gasteiger partial charge in [0.1, 0.15) is 5.52 Å². The highest BCUT2D eigenvalue weighted by Gasteiger charge is 2.08. The summed E-state index contributed by atoms with van der Waals surface area (Å²) in [7, 11) is 0. The summed E-state index contributed by atoms with van der Waals surface area (Å²) in [5.74, 6) is 0.643. The quantitative estimate of drug-likeness (QED) is 0.337. The van der Waals surface area contributed by atoms with Crippen LogP contribution in [0.3, 0.4) is 0 Å². The molecule has 0 radical (unpaired) electrons. The summed E-state index contributed by atoms with van der Waals surface area (Å²) < 4.78 is 8.49. The number of oxazole rings is 1. The molecule has 29 heavy (non-hydrogen) atoms. The second-order valence-electron chi connectivity index (χ2n) is 7.00. The molecule has 4 aromatic carbocycles. The van der Waals surface area contributed by atoms with Crippen LogP contribution in [0.5, 0.6) is 0 Å². The number of rotatable bonds is 3.